The van der Waals surface area contributed by atoms with Gasteiger partial charge in [-0.25, -0.2) is 13.1 Å². The van der Waals surface area contributed by atoms with Crippen molar-refractivity contribution in [2.45, 2.75) is 69.7 Å². The minimum absolute atomic E-state index is 0.170. The quantitative estimate of drug-likeness (QED) is 0.221. The summed E-state index contributed by atoms with van der Waals surface area (Å²) in [5.74, 6) is 4.18. The van der Waals surface area contributed by atoms with Gasteiger partial charge in [0.25, 0.3) is 0 Å². The Morgan fingerprint density at radius 3 is 2.53 bits per heavy atom. The Morgan fingerprint density at radius 2 is 1.81 bits per heavy atom. The topological polar surface area (TPSA) is 121 Å². The summed E-state index contributed by atoms with van der Waals surface area (Å²) >= 11 is 0. The third-order valence-corrected chi connectivity index (χ3v) is 10.7. The van der Waals surface area contributed by atoms with E-state index < -0.39 is 10.0 Å². The van der Waals surface area contributed by atoms with Crippen LogP contribution in [0.2, 0.25) is 0 Å². The van der Waals surface area contributed by atoms with E-state index in [9.17, 15) is 8.42 Å². The van der Waals surface area contributed by atoms with Gasteiger partial charge in [0.05, 0.1) is 18.5 Å². The number of nitrogens with one attached hydrogen (secondary N) is 4. The van der Waals surface area contributed by atoms with Gasteiger partial charge in [0.2, 0.25) is 16.0 Å². The molecule has 2 fully saturated rings. The largest absolute Gasteiger partial charge is 0.494 e. The molecular formula is C32H43N7O3S. The number of ether oxygens (including phenoxy) is 1. The first-order chi connectivity index (χ1) is 20.6. The SMILES string of the molecule is CCC(C)NS(=O)(=O)c1ccccc1Nc1nc(Nc2ccc(N3CCC4CC4CC3)cc2OC)nc2c1C(C)(C)CN2. The van der Waals surface area contributed by atoms with Gasteiger partial charge in [-0.05, 0) is 68.7 Å². The van der Waals surface area contributed by atoms with E-state index in [1.54, 1.807) is 25.3 Å². The smallest absolute Gasteiger partial charge is 0.242 e. The van der Waals surface area contributed by atoms with Crippen LogP contribution in [0.1, 0.15) is 58.9 Å². The second kappa shape index (κ2) is 11.5. The highest BCUT2D eigenvalue weighted by Crippen LogP contribution is 2.46. The Kier molecular flexibility index (Phi) is 7.89. The standard InChI is InChI=1S/C32H43N7O3S/c1-6-20(2)38-43(40,41)27-10-8-7-9-25(27)34-30-28-29(33-19-32(28,3)4)36-31(37-30)35-24-12-11-23(18-26(24)42-5)39-15-13-21-17-22(21)14-16-39/h7-12,18,20-22,38H,6,13-17,19H2,1-5H3,(H3,33,34,35,36,37). The summed E-state index contributed by atoms with van der Waals surface area (Å²) in [5.41, 5.74) is 3.00. The summed E-state index contributed by atoms with van der Waals surface area (Å²) in [6.07, 6.45) is 4.60. The molecule has 1 aliphatic carbocycles. The first kappa shape index (κ1) is 29.5. The molecule has 43 heavy (non-hydrogen) atoms. The minimum atomic E-state index is -3.76. The van der Waals surface area contributed by atoms with Gasteiger partial charge in [0.15, 0.2) is 0 Å². The molecule has 0 amide bonds. The van der Waals surface area contributed by atoms with Crippen LogP contribution in [0.4, 0.5) is 34.6 Å². The van der Waals surface area contributed by atoms with Crippen LogP contribution in [-0.2, 0) is 15.4 Å². The summed E-state index contributed by atoms with van der Waals surface area (Å²) < 4.78 is 35.2. The molecule has 10 nitrogen and oxygen atoms in total. The van der Waals surface area contributed by atoms with Crippen LogP contribution >= 0.6 is 0 Å². The first-order valence-corrected chi connectivity index (χ1v) is 16.8. The molecule has 3 aromatic rings. The lowest BCUT2D eigenvalue weighted by Crippen LogP contribution is -2.32. The van der Waals surface area contributed by atoms with E-state index in [4.69, 9.17) is 14.7 Å². The molecule has 1 saturated heterocycles. The van der Waals surface area contributed by atoms with E-state index in [1.165, 1.54) is 19.3 Å². The van der Waals surface area contributed by atoms with Crippen LogP contribution in [0, 0.1) is 11.8 Å². The van der Waals surface area contributed by atoms with Crippen LogP contribution in [0.3, 0.4) is 0 Å². The molecule has 1 saturated carbocycles. The summed E-state index contributed by atoms with van der Waals surface area (Å²) in [5, 5.41) is 10.1. The molecule has 11 heteroatoms. The molecule has 3 heterocycles. The predicted molar refractivity (Wildman–Crippen MR) is 173 cm³/mol. The molecule has 3 aliphatic rings. The number of sulfonamides is 1. The lowest BCUT2D eigenvalue weighted by Gasteiger charge is -2.25. The van der Waals surface area contributed by atoms with E-state index >= 15 is 0 Å². The molecular weight excluding hydrogens is 562 g/mol. The number of aromatic nitrogens is 2. The van der Waals surface area contributed by atoms with Crippen molar-refractivity contribution in [3.05, 3.63) is 48.0 Å². The Hall–Kier alpha value is -3.57. The monoisotopic (exact) mass is 605 g/mol. The molecule has 230 valence electrons. The second-order valence-electron chi connectivity index (χ2n) is 12.7. The van der Waals surface area contributed by atoms with Gasteiger partial charge in [-0.1, -0.05) is 32.9 Å². The number of rotatable bonds is 10. The van der Waals surface area contributed by atoms with Crippen molar-refractivity contribution in [2.75, 3.05) is 47.6 Å². The minimum Gasteiger partial charge on any atom is -0.494 e. The van der Waals surface area contributed by atoms with Crippen molar-refractivity contribution >= 4 is 44.7 Å². The van der Waals surface area contributed by atoms with Crippen LogP contribution < -0.4 is 30.3 Å². The fourth-order valence-electron chi connectivity index (χ4n) is 6.24. The van der Waals surface area contributed by atoms with Gasteiger partial charge in [-0.2, -0.15) is 9.97 Å². The number of hydrogen-bond acceptors (Lipinski definition) is 9. The highest BCUT2D eigenvalue weighted by Gasteiger charge is 2.39. The van der Waals surface area contributed by atoms with Crippen molar-refractivity contribution in [1.29, 1.82) is 0 Å². The van der Waals surface area contributed by atoms with Gasteiger partial charge in [0, 0.05) is 48.4 Å². The summed E-state index contributed by atoms with van der Waals surface area (Å²) in [6, 6.07) is 12.9. The van der Waals surface area contributed by atoms with Crippen molar-refractivity contribution in [3.63, 3.8) is 0 Å². The van der Waals surface area contributed by atoms with Gasteiger partial charge in [-0.3, -0.25) is 0 Å². The maximum absolute atomic E-state index is 13.3. The average Bonchev–Trinajstić information content (AvgIpc) is 3.70. The first-order valence-electron chi connectivity index (χ1n) is 15.3. The molecule has 2 aromatic carbocycles. The highest BCUT2D eigenvalue weighted by atomic mass is 32.2. The maximum Gasteiger partial charge on any atom is 0.242 e. The third kappa shape index (κ3) is 6.10. The summed E-state index contributed by atoms with van der Waals surface area (Å²) in [6.45, 7) is 10.9. The van der Waals surface area contributed by atoms with Gasteiger partial charge in [-0.15, -0.1) is 0 Å². The Morgan fingerprint density at radius 1 is 1.07 bits per heavy atom. The number of hydrogen-bond donors (Lipinski definition) is 4. The molecule has 3 atom stereocenters. The van der Waals surface area contributed by atoms with Crippen LogP contribution in [0.15, 0.2) is 47.4 Å². The summed E-state index contributed by atoms with van der Waals surface area (Å²) in [7, 11) is -2.08. The van der Waals surface area contributed by atoms with Gasteiger partial charge in [0.1, 0.15) is 22.3 Å². The molecule has 1 aromatic heterocycles. The number of para-hydroxylation sites is 1. The lowest BCUT2D eigenvalue weighted by atomic mass is 9.88. The van der Waals surface area contributed by atoms with Crippen LogP contribution in [-0.4, -0.2) is 51.2 Å². The fraction of sp³-hybridized carbons (Fsp3) is 0.500. The number of benzene rings is 2. The van der Waals surface area contributed by atoms with Crippen molar-refractivity contribution in [1.82, 2.24) is 14.7 Å². The Bertz CT molecular complexity index is 1600. The predicted octanol–water partition coefficient (Wildman–Crippen LogP) is 5.99. The van der Waals surface area contributed by atoms with Crippen molar-refractivity contribution in [3.8, 4) is 5.75 Å². The summed E-state index contributed by atoms with van der Waals surface area (Å²) in [4.78, 5) is 12.3. The fourth-order valence-corrected chi connectivity index (χ4v) is 7.73. The zero-order chi connectivity index (χ0) is 30.4. The Labute approximate surface area is 255 Å². The number of fused-ring (bicyclic) bond motifs is 2. The van der Waals surface area contributed by atoms with E-state index in [2.05, 4.69) is 51.6 Å². The molecule has 6 rings (SSSR count). The highest BCUT2D eigenvalue weighted by molar-refractivity contribution is 7.89. The molecule has 0 spiro atoms. The van der Waals surface area contributed by atoms with E-state index in [1.807, 2.05) is 26.0 Å². The molecule has 3 unspecified atom stereocenters. The van der Waals surface area contributed by atoms with Gasteiger partial charge < -0.3 is 25.6 Å². The lowest BCUT2D eigenvalue weighted by molar-refractivity contribution is 0.416. The third-order valence-electron chi connectivity index (χ3n) is 9.09. The number of methoxy groups -OCH3 is 1. The van der Waals surface area contributed by atoms with E-state index in [0.29, 0.717) is 42.0 Å². The van der Waals surface area contributed by atoms with Crippen molar-refractivity contribution in [2.24, 2.45) is 11.8 Å². The average molecular weight is 606 g/mol. The molecule has 4 N–H and O–H groups in total. The molecule has 0 radical (unpaired) electrons. The Balaban J connectivity index is 1.31. The molecule has 0 bridgehead atoms. The maximum atomic E-state index is 13.3. The normalized spacial score (nSPS) is 21.2. The molecule has 2 aliphatic heterocycles. The number of anilines is 6. The number of nitrogens with zero attached hydrogens (tertiary/aromatic N) is 3. The van der Waals surface area contributed by atoms with Crippen LogP contribution in [0.25, 0.3) is 0 Å². The zero-order valence-corrected chi connectivity index (χ0v) is 26.5. The van der Waals surface area contributed by atoms with Gasteiger partial charge >= 0.3 is 0 Å². The van der Waals surface area contributed by atoms with E-state index in [-0.39, 0.29) is 16.4 Å². The van der Waals surface area contributed by atoms with Crippen LogP contribution in [0.5, 0.6) is 5.75 Å². The zero-order valence-electron chi connectivity index (χ0n) is 25.7. The van der Waals surface area contributed by atoms with Crippen molar-refractivity contribution < 1.29 is 13.2 Å². The van der Waals surface area contributed by atoms with E-state index in [0.717, 1.165) is 41.9 Å². The second-order valence-corrected chi connectivity index (χ2v) is 14.4.